The molecule has 1 aromatic heterocycles. The molecule has 0 bridgehead atoms. The number of amides is 2. The van der Waals surface area contributed by atoms with E-state index in [1.165, 1.54) is 0 Å². The van der Waals surface area contributed by atoms with Gasteiger partial charge in [0.25, 0.3) is 0 Å². The maximum absolute atomic E-state index is 11.9. The summed E-state index contributed by atoms with van der Waals surface area (Å²) in [5.41, 5.74) is 3.80. The number of methoxy groups -OCH3 is 1. The Balaban J connectivity index is 1.59. The van der Waals surface area contributed by atoms with Crippen LogP contribution in [0.15, 0.2) is 67.3 Å². The third-order valence-electron chi connectivity index (χ3n) is 3.98. The number of urea groups is 1. The Labute approximate surface area is 158 Å². The molecule has 0 fully saturated rings. The van der Waals surface area contributed by atoms with E-state index in [4.69, 9.17) is 4.74 Å². The molecule has 27 heavy (non-hydrogen) atoms. The number of carbonyl (C=O) groups is 1. The number of ether oxygens (including phenoxy) is 1. The standard InChI is InChI=1S/C21H22N4O2/c1-16-14-25(15-24-16)19-9-8-17(12-20(19)27-2)10-11-22-21(26)23-13-18-6-4-3-5-7-18/h3-12,14-15H,13H2,1-2H3,(H2,22,23,26)/b11-10+. The highest BCUT2D eigenvalue weighted by molar-refractivity contribution is 5.76. The maximum Gasteiger partial charge on any atom is 0.319 e. The lowest BCUT2D eigenvalue weighted by atomic mass is 10.2. The fourth-order valence-electron chi connectivity index (χ4n) is 2.61. The molecule has 2 N–H and O–H groups in total. The number of rotatable bonds is 6. The van der Waals surface area contributed by atoms with E-state index in [0.717, 1.165) is 28.3 Å². The Bertz CT molecular complexity index is 932. The predicted octanol–water partition coefficient (Wildman–Crippen LogP) is 3.66. The third kappa shape index (κ3) is 4.98. The van der Waals surface area contributed by atoms with Crippen LogP contribution in [-0.4, -0.2) is 22.7 Å². The monoisotopic (exact) mass is 362 g/mol. The molecule has 0 aliphatic carbocycles. The van der Waals surface area contributed by atoms with Crippen LogP contribution in [0.5, 0.6) is 5.75 Å². The first-order chi connectivity index (χ1) is 13.2. The molecule has 0 spiro atoms. The van der Waals surface area contributed by atoms with Gasteiger partial charge in [0.1, 0.15) is 5.75 Å². The Morgan fingerprint density at radius 3 is 2.74 bits per heavy atom. The molecule has 6 nitrogen and oxygen atoms in total. The van der Waals surface area contributed by atoms with Gasteiger partial charge in [-0.2, -0.15) is 0 Å². The zero-order chi connectivity index (χ0) is 19.1. The van der Waals surface area contributed by atoms with Crippen molar-refractivity contribution in [2.24, 2.45) is 0 Å². The summed E-state index contributed by atoms with van der Waals surface area (Å²) in [4.78, 5) is 16.1. The summed E-state index contributed by atoms with van der Waals surface area (Å²) in [5, 5.41) is 5.51. The quantitative estimate of drug-likeness (QED) is 0.703. The molecule has 0 unspecified atom stereocenters. The van der Waals surface area contributed by atoms with Gasteiger partial charge in [0.2, 0.25) is 0 Å². The van der Waals surface area contributed by atoms with Crippen LogP contribution in [0.2, 0.25) is 0 Å². The van der Waals surface area contributed by atoms with Crippen molar-refractivity contribution in [2.75, 3.05) is 7.11 Å². The molecule has 2 amide bonds. The third-order valence-corrected chi connectivity index (χ3v) is 3.98. The number of benzene rings is 2. The SMILES string of the molecule is COc1cc(/C=C/NC(=O)NCc2ccccc2)ccc1-n1cnc(C)c1. The Hall–Kier alpha value is -3.54. The lowest BCUT2D eigenvalue weighted by Crippen LogP contribution is -2.31. The van der Waals surface area contributed by atoms with E-state index >= 15 is 0 Å². The van der Waals surface area contributed by atoms with Gasteiger partial charge in [-0.05, 0) is 36.3 Å². The van der Waals surface area contributed by atoms with E-state index in [0.29, 0.717) is 6.54 Å². The van der Waals surface area contributed by atoms with Crippen molar-refractivity contribution in [3.63, 3.8) is 0 Å². The van der Waals surface area contributed by atoms with Crippen LogP contribution in [-0.2, 0) is 6.54 Å². The first-order valence-corrected chi connectivity index (χ1v) is 8.59. The predicted molar refractivity (Wildman–Crippen MR) is 106 cm³/mol. The summed E-state index contributed by atoms with van der Waals surface area (Å²) >= 11 is 0. The summed E-state index contributed by atoms with van der Waals surface area (Å²) in [6.45, 7) is 2.42. The minimum atomic E-state index is -0.257. The Morgan fingerprint density at radius 1 is 1.22 bits per heavy atom. The van der Waals surface area contributed by atoms with Crippen LogP contribution in [0.3, 0.4) is 0 Å². The first-order valence-electron chi connectivity index (χ1n) is 8.59. The van der Waals surface area contributed by atoms with Crippen molar-refractivity contribution in [1.29, 1.82) is 0 Å². The van der Waals surface area contributed by atoms with E-state index in [-0.39, 0.29) is 6.03 Å². The highest BCUT2D eigenvalue weighted by atomic mass is 16.5. The average Bonchev–Trinajstić information content (AvgIpc) is 3.13. The summed E-state index contributed by atoms with van der Waals surface area (Å²) in [6.07, 6.45) is 7.11. The Morgan fingerprint density at radius 2 is 2.04 bits per heavy atom. The number of nitrogens with zero attached hydrogens (tertiary/aromatic N) is 2. The van der Waals surface area contributed by atoms with Gasteiger partial charge in [0.05, 0.1) is 24.8 Å². The largest absolute Gasteiger partial charge is 0.495 e. The molecular formula is C21H22N4O2. The molecule has 0 saturated heterocycles. The average molecular weight is 362 g/mol. The fraction of sp³-hybridized carbons (Fsp3) is 0.143. The van der Waals surface area contributed by atoms with E-state index in [1.807, 2.05) is 72.3 Å². The minimum absolute atomic E-state index is 0.257. The zero-order valence-corrected chi connectivity index (χ0v) is 15.3. The van der Waals surface area contributed by atoms with Crippen molar-refractivity contribution in [1.82, 2.24) is 20.2 Å². The topological polar surface area (TPSA) is 68.2 Å². The number of nitrogens with one attached hydrogen (secondary N) is 2. The summed E-state index contributed by atoms with van der Waals surface area (Å²) in [7, 11) is 1.63. The lowest BCUT2D eigenvalue weighted by molar-refractivity contribution is 0.244. The number of aromatic nitrogens is 2. The van der Waals surface area contributed by atoms with E-state index < -0.39 is 0 Å². The van der Waals surface area contributed by atoms with Crippen molar-refractivity contribution >= 4 is 12.1 Å². The van der Waals surface area contributed by atoms with Crippen molar-refractivity contribution in [2.45, 2.75) is 13.5 Å². The van der Waals surface area contributed by atoms with Crippen molar-refractivity contribution < 1.29 is 9.53 Å². The molecule has 0 atom stereocenters. The van der Waals surface area contributed by atoms with E-state index in [9.17, 15) is 4.79 Å². The van der Waals surface area contributed by atoms with Gasteiger partial charge in [0, 0.05) is 18.9 Å². The van der Waals surface area contributed by atoms with Crippen LogP contribution in [0.4, 0.5) is 4.79 Å². The molecule has 1 heterocycles. The summed E-state index contributed by atoms with van der Waals surface area (Å²) in [5.74, 6) is 0.725. The molecule has 2 aromatic carbocycles. The smallest absolute Gasteiger partial charge is 0.319 e. The summed E-state index contributed by atoms with van der Waals surface area (Å²) in [6, 6.07) is 15.3. The second kappa shape index (κ2) is 8.71. The van der Waals surface area contributed by atoms with E-state index in [2.05, 4.69) is 15.6 Å². The van der Waals surface area contributed by atoms with Gasteiger partial charge in [-0.25, -0.2) is 9.78 Å². The second-order valence-corrected chi connectivity index (χ2v) is 6.00. The highest BCUT2D eigenvalue weighted by Crippen LogP contribution is 2.25. The molecule has 3 rings (SSSR count). The molecule has 0 aliphatic heterocycles. The number of imidazole rings is 1. The molecule has 0 aliphatic rings. The molecule has 6 heteroatoms. The molecule has 138 valence electrons. The maximum atomic E-state index is 11.9. The molecule has 0 saturated carbocycles. The van der Waals surface area contributed by atoms with Crippen LogP contribution in [0, 0.1) is 6.92 Å². The van der Waals surface area contributed by atoms with Gasteiger partial charge in [0.15, 0.2) is 0 Å². The number of aryl methyl sites for hydroxylation is 1. The van der Waals surface area contributed by atoms with E-state index in [1.54, 1.807) is 19.6 Å². The van der Waals surface area contributed by atoms with Gasteiger partial charge in [-0.1, -0.05) is 36.4 Å². The van der Waals surface area contributed by atoms with Crippen LogP contribution < -0.4 is 15.4 Å². The van der Waals surface area contributed by atoms with Gasteiger partial charge >= 0.3 is 6.03 Å². The second-order valence-electron chi connectivity index (χ2n) is 6.00. The number of hydrogen-bond acceptors (Lipinski definition) is 3. The van der Waals surface area contributed by atoms with Crippen LogP contribution in [0.25, 0.3) is 11.8 Å². The minimum Gasteiger partial charge on any atom is -0.495 e. The Kier molecular flexibility index (Phi) is 5.89. The number of hydrogen-bond donors (Lipinski definition) is 2. The lowest BCUT2D eigenvalue weighted by Gasteiger charge is -2.10. The first kappa shape index (κ1) is 18.3. The summed E-state index contributed by atoms with van der Waals surface area (Å²) < 4.78 is 7.40. The van der Waals surface area contributed by atoms with Crippen LogP contribution >= 0.6 is 0 Å². The van der Waals surface area contributed by atoms with Gasteiger partial charge in [-0.15, -0.1) is 0 Å². The van der Waals surface area contributed by atoms with Gasteiger partial charge in [-0.3, -0.25) is 0 Å². The van der Waals surface area contributed by atoms with Crippen molar-refractivity contribution in [3.8, 4) is 11.4 Å². The zero-order valence-electron chi connectivity index (χ0n) is 15.3. The molecule has 0 radical (unpaired) electrons. The van der Waals surface area contributed by atoms with Crippen molar-refractivity contribution in [3.05, 3.63) is 84.1 Å². The molecular weight excluding hydrogens is 340 g/mol. The molecule has 3 aromatic rings. The number of carbonyl (C=O) groups excluding carboxylic acids is 1. The normalized spacial score (nSPS) is 10.7. The highest BCUT2D eigenvalue weighted by Gasteiger charge is 2.06. The van der Waals surface area contributed by atoms with Crippen LogP contribution in [0.1, 0.15) is 16.8 Å². The van der Waals surface area contributed by atoms with Gasteiger partial charge < -0.3 is 19.9 Å². The fourth-order valence-corrected chi connectivity index (χ4v) is 2.61.